The number of nitrogens with one attached hydrogen (secondary N) is 2. The standard InChI is InChI=1S/C23H40N4O3.HI/c1-6-24-23(25-12-10-14-27-13-9-8-11-18(27)3)26-17-19-15-20(28-4)22(30-7-2)21(16-19)29-5;/h15-16,18H,6-14,17H2,1-5H3,(H2,24,25,26);1H. The van der Waals surface area contributed by atoms with Gasteiger partial charge in [-0.25, -0.2) is 4.99 Å². The van der Waals surface area contributed by atoms with E-state index < -0.39 is 0 Å². The van der Waals surface area contributed by atoms with Crippen LogP contribution in [0.4, 0.5) is 0 Å². The molecule has 1 atom stereocenters. The third kappa shape index (κ3) is 8.92. The monoisotopic (exact) mass is 548 g/mol. The molecule has 7 nitrogen and oxygen atoms in total. The molecule has 0 radical (unpaired) electrons. The quantitative estimate of drug-likeness (QED) is 0.188. The summed E-state index contributed by atoms with van der Waals surface area (Å²) < 4.78 is 16.7. The van der Waals surface area contributed by atoms with Crippen molar-refractivity contribution in [2.45, 2.75) is 59.0 Å². The smallest absolute Gasteiger partial charge is 0.203 e. The lowest BCUT2D eigenvalue weighted by Gasteiger charge is -2.33. The SMILES string of the molecule is CCNC(=NCc1cc(OC)c(OCC)c(OC)c1)NCCCN1CCCCC1C.I. The van der Waals surface area contributed by atoms with E-state index in [1.807, 2.05) is 19.1 Å². The average Bonchev–Trinajstić information content (AvgIpc) is 2.76. The number of likely N-dealkylation sites (tertiary alicyclic amines) is 1. The first-order chi connectivity index (χ1) is 14.6. The van der Waals surface area contributed by atoms with Gasteiger partial charge in [0.15, 0.2) is 17.5 Å². The predicted octanol–water partition coefficient (Wildman–Crippen LogP) is 4.04. The Morgan fingerprint density at radius 1 is 1.13 bits per heavy atom. The number of guanidine groups is 1. The molecule has 1 aliphatic heterocycles. The van der Waals surface area contributed by atoms with Gasteiger partial charge in [-0.1, -0.05) is 6.42 Å². The van der Waals surface area contributed by atoms with Crippen molar-refractivity contribution in [1.82, 2.24) is 15.5 Å². The van der Waals surface area contributed by atoms with Crippen LogP contribution in [-0.4, -0.2) is 63.9 Å². The summed E-state index contributed by atoms with van der Waals surface area (Å²) in [7, 11) is 3.28. The molecule has 1 aromatic carbocycles. The molecule has 0 amide bonds. The first kappa shape index (κ1) is 27.6. The van der Waals surface area contributed by atoms with Gasteiger partial charge in [0.1, 0.15) is 0 Å². The molecule has 0 saturated carbocycles. The van der Waals surface area contributed by atoms with Gasteiger partial charge in [-0.3, -0.25) is 0 Å². The first-order valence-corrected chi connectivity index (χ1v) is 11.3. The van der Waals surface area contributed by atoms with Crippen molar-refractivity contribution in [3.63, 3.8) is 0 Å². The van der Waals surface area contributed by atoms with Crippen molar-refractivity contribution in [3.05, 3.63) is 17.7 Å². The van der Waals surface area contributed by atoms with Gasteiger partial charge >= 0.3 is 0 Å². The van der Waals surface area contributed by atoms with Gasteiger partial charge in [-0.15, -0.1) is 24.0 Å². The number of nitrogens with zero attached hydrogens (tertiary/aromatic N) is 2. The zero-order valence-corrected chi connectivity index (χ0v) is 22.2. The molecular formula is C23H41IN4O3. The van der Waals surface area contributed by atoms with Crippen LogP contribution in [-0.2, 0) is 6.54 Å². The van der Waals surface area contributed by atoms with Crippen LogP contribution in [0.2, 0.25) is 0 Å². The fourth-order valence-electron chi connectivity index (χ4n) is 3.80. The third-order valence-corrected chi connectivity index (χ3v) is 5.43. The van der Waals surface area contributed by atoms with Crippen molar-refractivity contribution in [2.75, 3.05) is 47.0 Å². The Labute approximate surface area is 205 Å². The van der Waals surface area contributed by atoms with Gasteiger partial charge in [0.25, 0.3) is 0 Å². The topological polar surface area (TPSA) is 67.4 Å². The second-order valence-corrected chi connectivity index (χ2v) is 7.62. The predicted molar refractivity (Wildman–Crippen MR) is 138 cm³/mol. The molecule has 1 unspecified atom stereocenters. The van der Waals surface area contributed by atoms with Crippen LogP contribution in [0.5, 0.6) is 17.2 Å². The summed E-state index contributed by atoms with van der Waals surface area (Å²) in [6.45, 7) is 11.5. The van der Waals surface area contributed by atoms with Gasteiger partial charge in [-0.2, -0.15) is 0 Å². The van der Waals surface area contributed by atoms with Crippen molar-refractivity contribution >= 4 is 29.9 Å². The Balaban J connectivity index is 0.00000480. The Morgan fingerprint density at radius 3 is 2.42 bits per heavy atom. The zero-order valence-electron chi connectivity index (χ0n) is 19.8. The Kier molecular flexibility index (Phi) is 13.7. The van der Waals surface area contributed by atoms with E-state index in [0.29, 0.717) is 36.4 Å². The van der Waals surface area contributed by atoms with E-state index in [0.717, 1.165) is 37.6 Å². The van der Waals surface area contributed by atoms with Crippen LogP contribution in [0.1, 0.15) is 52.0 Å². The Morgan fingerprint density at radius 2 is 1.84 bits per heavy atom. The van der Waals surface area contributed by atoms with E-state index in [2.05, 4.69) is 29.4 Å². The van der Waals surface area contributed by atoms with Gasteiger partial charge in [-0.05, 0) is 64.3 Å². The van der Waals surface area contributed by atoms with Crippen LogP contribution in [0.25, 0.3) is 0 Å². The number of ether oxygens (including phenoxy) is 3. The minimum atomic E-state index is 0. The molecule has 0 aromatic heterocycles. The van der Waals surface area contributed by atoms with E-state index in [4.69, 9.17) is 19.2 Å². The normalized spacial score (nSPS) is 16.9. The van der Waals surface area contributed by atoms with Crippen LogP contribution >= 0.6 is 24.0 Å². The molecule has 1 saturated heterocycles. The van der Waals surface area contributed by atoms with Crippen LogP contribution in [0, 0.1) is 0 Å². The summed E-state index contributed by atoms with van der Waals surface area (Å²) >= 11 is 0. The molecule has 8 heteroatoms. The maximum absolute atomic E-state index is 5.68. The average molecular weight is 549 g/mol. The lowest BCUT2D eigenvalue weighted by atomic mass is 10.0. The van der Waals surface area contributed by atoms with Crippen molar-refractivity contribution in [3.8, 4) is 17.2 Å². The molecule has 31 heavy (non-hydrogen) atoms. The van der Waals surface area contributed by atoms with E-state index in [9.17, 15) is 0 Å². The van der Waals surface area contributed by atoms with E-state index in [1.54, 1.807) is 14.2 Å². The van der Waals surface area contributed by atoms with Crippen LogP contribution in [0.3, 0.4) is 0 Å². The molecule has 2 rings (SSSR count). The number of aliphatic imine (C=N–C) groups is 1. The van der Waals surface area contributed by atoms with Gasteiger partial charge in [0.05, 0.1) is 27.4 Å². The second-order valence-electron chi connectivity index (χ2n) is 7.62. The fourth-order valence-corrected chi connectivity index (χ4v) is 3.80. The first-order valence-electron chi connectivity index (χ1n) is 11.3. The lowest BCUT2D eigenvalue weighted by Crippen LogP contribution is -2.41. The summed E-state index contributed by atoms with van der Waals surface area (Å²) in [5.41, 5.74) is 1.01. The molecule has 1 fully saturated rings. The van der Waals surface area contributed by atoms with E-state index in [1.165, 1.54) is 25.8 Å². The molecule has 1 aliphatic rings. The number of rotatable bonds is 11. The molecule has 2 N–H and O–H groups in total. The summed E-state index contributed by atoms with van der Waals surface area (Å²) in [6, 6.07) is 4.63. The molecular weight excluding hydrogens is 507 g/mol. The Bertz CT molecular complexity index is 647. The number of piperidine rings is 1. The molecule has 1 heterocycles. The van der Waals surface area contributed by atoms with Gasteiger partial charge in [0, 0.05) is 25.7 Å². The highest BCUT2D eigenvalue weighted by atomic mass is 127. The number of halogens is 1. The maximum atomic E-state index is 5.68. The number of benzene rings is 1. The summed E-state index contributed by atoms with van der Waals surface area (Å²) in [5.74, 6) is 2.79. The van der Waals surface area contributed by atoms with E-state index in [-0.39, 0.29) is 24.0 Å². The summed E-state index contributed by atoms with van der Waals surface area (Å²) in [4.78, 5) is 7.34. The second kappa shape index (κ2) is 15.4. The fraction of sp³-hybridized carbons (Fsp3) is 0.696. The molecule has 178 valence electrons. The number of hydrogen-bond donors (Lipinski definition) is 2. The third-order valence-electron chi connectivity index (χ3n) is 5.43. The minimum Gasteiger partial charge on any atom is -0.493 e. The molecule has 0 spiro atoms. The number of methoxy groups -OCH3 is 2. The lowest BCUT2D eigenvalue weighted by molar-refractivity contribution is 0.159. The molecule has 1 aromatic rings. The van der Waals surface area contributed by atoms with Crippen LogP contribution < -0.4 is 24.8 Å². The van der Waals surface area contributed by atoms with Gasteiger partial charge in [0.2, 0.25) is 5.75 Å². The summed E-state index contributed by atoms with van der Waals surface area (Å²) in [6.07, 6.45) is 5.14. The summed E-state index contributed by atoms with van der Waals surface area (Å²) in [5, 5.41) is 6.79. The molecule has 0 bridgehead atoms. The van der Waals surface area contributed by atoms with Gasteiger partial charge < -0.3 is 29.7 Å². The zero-order chi connectivity index (χ0) is 21.8. The molecule has 0 aliphatic carbocycles. The highest BCUT2D eigenvalue weighted by Crippen LogP contribution is 2.38. The minimum absolute atomic E-state index is 0. The van der Waals surface area contributed by atoms with Crippen molar-refractivity contribution in [2.24, 2.45) is 4.99 Å². The maximum Gasteiger partial charge on any atom is 0.203 e. The highest BCUT2D eigenvalue weighted by molar-refractivity contribution is 14.0. The van der Waals surface area contributed by atoms with E-state index >= 15 is 0 Å². The van der Waals surface area contributed by atoms with Crippen molar-refractivity contribution in [1.29, 1.82) is 0 Å². The number of hydrogen-bond acceptors (Lipinski definition) is 5. The highest BCUT2D eigenvalue weighted by Gasteiger charge is 2.17. The van der Waals surface area contributed by atoms with Crippen LogP contribution in [0.15, 0.2) is 17.1 Å². The van der Waals surface area contributed by atoms with Crippen molar-refractivity contribution < 1.29 is 14.2 Å². The largest absolute Gasteiger partial charge is 0.493 e. The Hall–Kier alpha value is -1.42.